The molecule has 0 heterocycles. The lowest BCUT2D eigenvalue weighted by Gasteiger charge is -2.59. The number of hydrogen-bond donors (Lipinski definition) is 1. The van der Waals surface area contributed by atoms with Gasteiger partial charge in [-0.3, -0.25) is 0 Å². The van der Waals surface area contributed by atoms with Gasteiger partial charge in [0.05, 0.1) is 6.10 Å². The van der Waals surface area contributed by atoms with Crippen molar-refractivity contribution >= 4 is 0 Å². The molecule has 0 aromatic rings. The first kappa shape index (κ1) is 21.0. The van der Waals surface area contributed by atoms with E-state index in [4.69, 9.17) is 0 Å². The number of aliphatic hydroxyl groups excluding tert-OH is 1. The van der Waals surface area contributed by atoms with Gasteiger partial charge in [-0.2, -0.15) is 0 Å². The van der Waals surface area contributed by atoms with Crippen LogP contribution < -0.4 is 0 Å². The summed E-state index contributed by atoms with van der Waals surface area (Å²) in [6.07, 6.45) is 18.5. The van der Waals surface area contributed by atoms with Gasteiger partial charge in [-0.25, -0.2) is 0 Å². The molecule has 0 spiro atoms. The fraction of sp³-hybridized carbons (Fsp3) is 0.926. The van der Waals surface area contributed by atoms with E-state index in [0.29, 0.717) is 16.7 Å². The molecule has 7 unspecified atom stereocenters. The van der Waals surface area contributed by atoms with Gasteiger partial charge in [-0.15, -0.1) is 0 Å². The van der Waals surface area contributed by atoms with Gasteiger partial charge in [0.15, 0.2) is 0 Å². The van der Waals surface area contributed by atoms with Crippen LogP contribution in [0, 0.1) is 52.3 Å². The summed E-state index contributed by atoms with van der Waals surface area (Å²) in [5.41, 5.74) is 1.01. The minimum atomic E-state index is -0.0596. The van der Waals surface area contributed by atoms with E-state index in [0.717, 1.165) is 48.3 Å². The Hall–Kier alpha value is -0.300. The third-order valence-corrected chi connectivity index (χ3v) is 10.3. The van der Waals surface area contributed by atoms with Crippen LogP contribution in [0.5, 0.6) is 0 Å². The summed E-state index contributed by atoms with van der Waals surface area (Å²) >= 11 is 0. The molecular weight excluding hydrogens is 340 g/mol. The van der Waals surface area contributed by atoms with Gasteiger partial charge in [0, 0.05) is 0 Å². The van der Waals surface area contributed by atoms with E-state index in [9.17, 15) is 5.11 Å². The van der Waals surface area contributed by atoms with Crippen LogP contribution in [0.2, 0.25) is 0 Å². The van der Waals surface area contributed by atoms with Crippen molar-refractivity contribution in [3.05, 3.63) is 12.2 Å². The largest absolute Gasteiger partial charge is 0.393 e. The van der Waals surface area contributed by atoms with Crippen LogP contribution in [-0.4, -0.2) is 11.2 Å². The van der Waals surface area contributed by atoms with Gasteiger partial charge in [-0.05, 0) is 97.2 Å². The normalized spacial score (nSPS) is 48.8. The Kier molecular flexibility index (Phi) is 5.80. The highest BCUT2D eigenvalue weighted by Crippen LogP contribution is 2.67. The van der Waals surface area contributed by atoms with Crippen LogP contribution in [-0.2, 0) is 0 Å². The zero-order valence-corrected chi connectivity index (χ0v) is 19.3. The summed E-state index contributed by atoms with van der Waals surface area (Å²) in [4.78, 5) is 0. The molecule has 0 aromatic heterocycles. The Morgan fingerprint density at radius 2 is 1.61 bits per heavy atom. The first-order chi connectivity index (χ1) is 13.3. The molecule has 1 N–H and O–H groups in total. The second kappa shape index (κ2) is 7.75. The van der Waals surface area contributed by atoms with Crippen LogP contribution in [0.4, 0.5) is 0 Å². The van der Waals surface area contributed by atoms with Crippen molar-refractivity contribution in [2.45, 2.75) is 105 Å². The zero-order chi connectivity index (χ0) is 20.1. The van der Waals surface area contributed by atoms with Crippen molar-refractivity contribution < 1.29 is 5.11 Å². The highest BCUT2D eigenvalue weighted by atomic mass is 16.3. The average Bonchev–Trinajstić information content (AvgIpc) is 2.99. The standard InChI is InChI=1S/C27H46O/c1-18(2)7-6-8-19(3)23-11-12-24-22-10-9-20-17-21(28)13-15-26(20,4)25(22)14-16-27(23,24)5/h9-10,18-25,28H,6-8,11-17H2,1-5H3/t19?,20?,21?,22?,23-,24?,25?,26+,27?/m1/s1. The van der Waals surface area contributed by atoms with E-state index in [1.165, 1.54) is 51.4 Å². The van der Waals surface area contributed by atoms with Crippen LogP contribution in [0.3, 0.4) is 0 Å². The molecule has 0 saturated heterocycles. The number of fused-ring (bicyclic) bond motifs is 5. The minimum Gasteiger partial charge on any atom is -0.393 e. The predicted octanol–water partition coefficient (Wildman–Crippen LogP) is 7.24. The molecule has 160 valence electrons. The summed E-state index contributed by atoms with van der Waals surface area (Å²) in [7, 11) is 0. The zero-order valence-electron chi connectivity index (χ0n) is 19.3. The molecule has 0 aromatic carbocycles. The van der Waals surface area contributed by atoms with Gasteiger partial charge >= 0.3 is 0 Å². The van der Waals surface area contributed by atoms with E-state index < -0.39 is 0 Å². The summed E-state index contributed by atoms with van der Waals surface area (Å²) in [6.45, 7) is 12.6. The molecule has 4 aliphatic rings. The Bertz CT molecular complexity index is 579. The number of allylic oxidation sites excluding steroid dienone is 2. The molecule has 28 heavy (non-hydrogen) atoms. The molecule has 9 atom stereocenters. The molecule has 4 rings (SSSR count). The van der Waals surface area contributed by atoms with Crippen molar-refractivity contribution in [3.63, 3.8) is 0 Å². The van der Waals surface area contributed by atoms with E-state index in [1.54, 1.807) is 0 Å². The molecule has 3 saturated carbocycles. The van der Waals surface area contributed by atoms with Crippen molar-refractivity contribution in [1.82, 2.24) is 0 Å². The van der Waals surface area contributed by atoms with Crippen molar-refractivity contribution in [1.29, 1.82) is 0 Å². The fourth-order valence-corrected chi connectivity index (χ4v) is 8.62. The molecule has 4 aliphatic carbocycles. The van der Waals surface area contributed by atoms with Gasteiger partial charge in [-0.1, -0.05) is 66.0 Å². The average molecular weight is 387 g/mol. The molecule has 3 fully saturated rings. The number of rotatable bonds is 5. The van der Waals surface area contributed by atoms with Crippen molar-refractivity contribution in [2.75, 3.05) is 0 Å². The molecular formula is C27H46O. The number of aliphatic hydroxyl groups is 1. The van der Waals surface area contributed by atoms with Gasteiger partial charge in [0.1, 0.15) is 0 Å². The van der Waals surface area contributed by atoms with Gasteiger partial charge in [0.2, 0.25) is 0 Å². The Morgan fingerprint density at radius 3 is 2.36 bits per heavy atom. The summed E-state index contributed by atoms with van der Waals surface area (Å²) in [5.74, 6) is 5.89. The summed E-state index contributed by atoms with van der Waals surface area (Å²) in [5, 5.41) is 10.2. The maximum Gasteiger partial charge on any atom is 0.0546 e. The third kappa shape index (κ3) is 3.42. The fourth-order valence-electron chi connectivity index (χ4n) is 8.62. The van der Waals surface area contributed by atoms with E-state index in [1.807, 2.05) is 0 Å². The monoisotopic (exact) mass is 386 g/mol. The number of hydrogen-bond acceptors (Lipinski definition) is 1. The van der Waals surface area contributed by atoms with Gasteiger partial charge in [0.25, 0.3) is 0 Å². The van der Waals surface area contributed by atoms with Crippen molar-refractivity contribution in [2.24, 2.45) is 52.3 Å². The summed E-state index contributed by atoms with van der Waals surface area (Å²) in [6, 6.07) is 0. The first-order valence-corrected chi connectivity index (χ1v) is 12.6. The Morgan fingerprint density at radius 1 is 0.893 bits per heavy atom. The molecule has 1 heteroatoms. The van der Waals surface area contributed by atoms with Crippen molar-refractivity contribution in [3.8, 4) is 0 Å². The third-order valence-electron chi connectivity index (χ3n) is 10.3. The van der Waals surface area contributed by atoms with Crippen LogP contribution in [0.1, 0.15) is 98.8 Å². The molecule has 0 amide bonds. The highest BCUT2D eigenvalue weighted by Gasteiger charge is 2.59. The van der Waals surface area contributed by atoms with Crippen LogP contribution in [0.15, 0.2) is 12.2 Å². The minimum absolute atomic E-state index is 0.0596. The van der Waals surface area contributed by atoms with Crippen LogP contribution in [0.25, 0.3) is 0 Å². The second-order valence-electron chi connectivity index (χ2n) is 12.2. The topological polar surface area (TPSA) is 20.2 Å². The second-order valence-corrected chi connectivity index (χ2v) is 12.2. The van der Waals surface area contributed by atoms with Gasteiger partial charge < -0.3 is 5.11 Å². The molecule has 0 bridgehead atoms. The molecule has 1 nitrogen and oxygen atoms in total. The molecule has 0 radical (unpaired) electrons. The lowest BCUT2D eigenvalue weighted by atomic mass is 9.46. The Labute approximate surface area is 174 Å². The Balaban J connectivity index is 1.49. The van der Waals surface area contributed by atoms with E-state index >= 15 is 0 Å². The predicted molar refractivity (Wildman–Crippen MR) is 119 cm³/mol. The lowest BCUT2D eigenvalue weighted by Crippen LogP contribution is -2.52. The highest BCUT2D eigenvalue weighted by molar-refractivity contribution is 5.18. The van der Waals surface area contributed by atoms with E-state index in [-0.39, 0.29) is 6.10 Å². The quantitative estimate of drug-likeness (QED) is 0.493. The SMILES string of the molecule is CC(C)CCCC(C)[C@H]1CCC2C3C=CC4CC(O)CC[C@]4(C)C3CCC21C. The molecule has 0 aliphatic heterocycles. The first-order valence-electron chi connectivity index (χ1n) is 12.6. The maximum atomic E-state index is 10.2. The maximum absolute atomic E-state index is 10.2. The smallest absolute Gasteiger partial charge is 0.0546 e. The van der Waals surface area contributed by atoms with Crippen LogP contribution >= 0.6 is 0 Å². The van der Waals surface area contributed by atoms with E-state index in [2.05, 4.69) is 46.8 Å². The lowest BCUT2D eigenvalue weighted by molar-refractivity contribution is -0.0813. The summed E-state index contributed by atoms with van der Waals surface area (Å²) < 4.78 is 0.